The van der Waals surface area contributed by atoms with Crippen LogP contribution in [0.15, 0.2) is 42.1 Å². The number of hydrogen-bond acceptors (Lipinski definition) is 7. The third-order valence-electron chi connectivity index (χ3n) is 3.45. The van der Waals surface area contributed by atoms with Crippen molar-refractivity contribution in [3.05, 3.63) is 58.1 Å². The van der Waals surface area contributed by atoms with Gasteiger partial charge in [-0.2, -0.15) is 10.5 Å². The molecule has 2 N–H and O–H groups in total. The smallest absolute Gasteiger partial charge is 0.341 e. The number of nitrogens with zero attached hydrogens (tertiary/aromatic N) is 2. The van der Waals surface area contributed by atoms with E-state index in [9.17, 15) is 9.59 Å². The molecule has 0 fully saturated rings. The average molecular weight is 380 g/mol. The number of carbonyl (C=O) groups is 2. The Morgan fingerprint density at radius 1 is 1.22 bits per heavy atom. The molecule has 1 aromatic carbocycles. The van der Waals surface area contributed by atoms with E-state index in [0.29, 0.717) is 21.1 Å². The lowest BCUT2D eigenvalue weighted by atomic mass is 10.1. The number of ether oxygens (including phenoxy) is 1. The van der Waals surface area contributed by atoms with Crippen molar-refractivity contribution < 1.29 is 14.3 Å². The van der Waals surface area contributed by atoms with Gasteiger partial charge in [0.2, 0.25) is 0 Å². The highest BCUT2D eigenvalue weighted by Crippen LogP contribution is 2.34. The summed E-state index contributed by atoms with van der Waals surface area (Å²) in [4.78, 5) is 25.3. The summed E-state index contributed by atoms with van der Waals surface area (Å²) >= 11 is 1.04. The molecule has 0 bridgehead atoms. The van der Waals surface area contributed by atoms with Crippen LogP contribution in [0.25, 0.3) is 0 Å². The summed E-state index contributed by atoms with van der Waals surface area (Å²) in [5, 5.41) is 23.6. The van der Waals surface area contributed by atoms with Crippen molar-refractivity contribution in [2.75, 3.05) is 17.2 Å². The first kappa shape index (κ1) is 19.7. The van der Waals surface area contributed by atoms with Gasteiger partial charge in [-0.3, -0.25) is 4.79 Å². The summed E-state index contributed by atoms with van der Waals surface area (Å²) < 4.78 is 5.07. The predicted octanol–water partition coefficient (Wildman–Crippen LogP) is 3.83. The highest BCUT2D eigenvalue weighted by Gasteiger charge is 2.25. The van der Waals surface area contributed by atoms with E-state index in [1.54, 1.807) is 50.3 Å². The minimum absolute atomic E-state index is 0.161. The molecule has 1 aromatic heterocycles. The van der Waals surface area contributed by atoms with E-state index in [2.05, 4.69) is 10.6 Å². The average Bonchev–Trinajstić information content (AvgIpc) is 3.00. The largest absolute Gasteiger partial charge is 0.462 e. The summed E-state index contributed by atoms with van der Waals surface area (Å²) in [6, 6.07) is 12.4. The summed E-state index contributed by atoms with van der Waals surface area (Å²) in [6.45, 7) is 3.50. The quantitative estimate of drug-likeness (QED) is 0.581. The molecule has 1 heterocycles. The van der Waals surface area contributed by atoms with Gasteiger partial charge in [0.05, 0.1) is 17.0 Å². The first-order chi connectivity index (χ1) is 13.0. The zero-order chi connectivity index (χ0) is 19.8. The molecule has 0 radical (unpaired) electrons. The first-order valence-corrected chi connectivity index (χ1v) is 8.77. The summed E-state index contributed by atoms with van der Waals surface area (Å²) in [6.07, 6.45) is 1.19. The van der Waals surface area contributed by atoms with Crippen LogP contribution < -0.4 is 10.6 Å². The van der Waals surface area contributed by atoms with Crippen molar-refractivity contribution in [2.45, 2.75) is 13.8 Å². The fourth-order valence-corrected chi connectivity index (χ4v) is 3.28. The topological polar surface area (TPSA) is 115 Å². The van der Waals surface area contributed by atoms with Crippen molar-refractivity contribution in [3.8, 4) is 12.1 Å². The maximum Gasteiger partial charge on any atom is 0.341 e. The van der Waals surface area contributed by atoms with Crippen molar-refractivity contribution in [2.24, 2.45) is 0 Å². The molecule has 0 aliphatic rings. The van der Waals surface area contributed by atoms with Crippen molar-refractivity contribution in [3.63, 3.8) is 0 Å². The number of carbonyl (C=O) groups excluding carboxylic acids is 2. The number of benzene rings is 1. The monoisotopic (exact) mass is 380 g/mol. The van der Waals surface area contributed by atoms with E-state index >= 15 is 0 Å². The highest BCUT2D eigenvalue weighted by atomic mass is 32.1. The summed E-state index contributed by atoms with van der Waals surface area (Å²) in [7, 11) is 0. The van der Waals surface area contributed by atoms with Gasteiger partial charge in [0.1, 0.15) is 22.7 Å². The zero-order valence-electron chi connectivity index (χ0n) is 14.7. The SMILES string of the molecule is CCOC(=O)c1c(NC=C(C#N)C#N)sc(C(=O)Nc2ccccc2)c1C. The van der Waals surface area contributed by atoms with E-state index in [-0.39, 0.29) is 23.7 Å². The molecular weight excluding hydrogens is 364 g/mol. The van der Waals surface area contributed by atoms with Gasteiger partial charge in [-0.15, -0.1) is 11.3 Å². The molecule has 0 spiro atoms. The minimum atomic E-state index is -0.587. The van der Waals surface area contributed by atoms with E-state index in [1.807, 2.05) is 6.07 Å². The molecule has 27 heavy (non-hydrogen) atoms. The van der Waals surface area contributed by atoms with Crippen LogP contribution in [0, 0.1) is 29.6 Å². The van der Waals surface area contributed by atoms with Crippen LogP contribution in [0.3, 0.4) is 0 Å². The Kier molecular flexibility index (Phi) is 6.70. The van der Waals surface area contributed by atoms with Crippen LogP contribution in [0.2, 0.25) is 0 Å². The number of thiophene rings is 1. The normalized spacial score (nSPS) is 9.48. The van der Waals surface area contributed by atoms with Crippen LogP contribution in [0.1, 0.15) is 32.5 Å². The zero-order valence-corrected chi connectivity index (χ0v) is 15.5. The lowest BCUT2D eigenvalue weighted by Crippen LogP contribution is -2.12. The Morgan fingerprint density at radius 3 is 2.48 bits per heavy atom. The Labute approximate surface area is 160 Å². The molecule has 2 aromatic rings. The second-order valence-electron chi connectivity index (χ2n) is 5.23. The maximum absolute atomic E-state index is 12.6. The summed E-state index contributed by atoms with van der Waals surface area (Å²) in [5.41, 5.74) is 1.12. The molecule has 0 unspecified atom stereocenters. The second-order valence-corrected chi connectivity index (χ2v) is 6.25. The van der Waals surface area contributed by atoms with Crippen LogP contribution in [0.5, 0.6) is 0 Å². The van der Waals surface area contributed by atoms with Crippen molar-refractivity contribution >= 4 is 33.9 Å². The standard InChI is InChI=1S/C19H16N4O3S/c1-3-26-19(25)15-12(2)16(17(24)23-14-7-5-4-6-8-14)27-18(15)22-11-13(9-20)10-21/h4-8,11,22H,3H2,1-2H3,(H,23,24). The fraction of sp³-hybridized carbons (Fsp3) is 0.158. The third kappa shape index (κ3) is 4.72. The number of anilines is 2. The van der Waals surface area contributed by atoms with Crippen LogP contribution in [0.4, 0.5) is 10.7 Å². The first-order valence-electron chi connectivity index (χ1n) is 7.95. The van der Waals surface area contributed by atoms with Gasteiger partial charge in [0.15, 0.2) is 0 Å². The van der Waals surface area contributed by atoms with Gasteiger partial charge in [-0.1, -0.05) is 18.2 Å². The van der Waals surface area contributed by atoms with Gasteiger partial charge in [0, 0.05) is 11.9 Å². The number of rotatable bonds is 6. The lowest BCUT2D eigenvalue weighted by molar-refractivity contribution is 0.0527. The molecular formula is C19H16N4O3S. The van der Waals surface area contributed by atoms with Gasteiger partial charge in [0.25, 0.3) is 5.91 Å². The number of nitrogens with one attached hydrogen (secondary N) is 2. The Hall–Kier alpha value is -3.62. The maximum atomic E-state index is 12.6. The third-order valence-corrected chi connectivity index (χ3v) is 4.67. The number of allylic oxidation sites excluding steroid dienone is 1. The van der Waals surface area contributed by atoms with E-state index in [0.717, 1.165) is 11.3 Å². The van der Waals surface area contributed by atoms with E-state index < -0.39 is 5.97 Å². The van der Waals surface area contributed by atoms with E-state index in [1.165, 1.54) is 6.20 Å². The lowest BCUT2D eigenvalue weighted by Gasteiger charge is -2.05. The Morgan fingerprint density at radius 2 is 1.89 bits per heavy atom. The van der Waals surface area contributed by atoms with Crippen LogP contribution in [-0.2, 0) is 4.74 Å². The number of nitriles is 2. The number of esters is 1. The number of hydrogen-bond donors (Lipinski definition) is 2. The second kappa shape index (κ2) is 9.18. The highest BCUT2D eigenvalue weighted by molar-refractivity contribution is 7.18. The minimum Gasteiger partial charge on any atom is -0.462 e. The van der Waals surface area contributed by atoms with Crippen LogP contribution >= 0.6 is 11.3 Å². The Bertz CT molecular complexity index is 949. The molecule has 0 atom stereocenters. The van der Waals surface area contributed by atoms with Crippen molar-refractivity contribution in [1.29, 1.82) is 10.5 Å². The number of amides is 1. The van der Waals surface area contributed by atoms with Crippen LogP contribution in [-0.4, -0.2) is 18.5 Å². The molecule has 0 saturated heterocycles. The molecule has 2 rings (SSSR count). The van der Waals surface area contributed by atoms with Gasteiger partial charge in [-0.25, -0.2) is 4.79 Å². The van der Waals surface area contributed by atoms with Crippen molar-refractivity contribution in [1.82, 2.24) is 0 Å². The molecule has 8 heteroatoms. The van der Waals surface area contributed by atoms with Gasteiger partial charge < -0.3 is 15.4 Å². The molecule has 0 aliphatic carbocycles. The number of para-hydroxylation sites is 1. The van der Waals surface area contributed by atoms with Gasteiger partial charge in [-0.05, 0) is 31.5 Å². The van der Waals surface area contributed by atoms with Gasteiger partial charge >= 0.3 is 5.97 Å². The summed E-state index contributed by atoms with van der Waals surface area (Å²) in [5.74, 6) is -0.955. The van der Waals surface area contributed by atoms with E-state index in [4.69, 9.17) is 15.3 Å². The molecule has 7 nitrogen and oxygen atoms in total. The predicted molar refractivity (Wildman–Crippen MR) is 102 cm³/mol. The molecule has 0 saturated carbocycles. The Balaban J connectivity index is 2.41. The molecule has 0 aliphatic heterocycles. The molecule has 136 valence electrons. The molecule has 1 amide bonds. The fourth-order valence-electron chi connectivity index (χ4n) is 2.22.